The van der Waals surface area contributed by atoms with E-state index in [1.807, 2.05) is 60.7 Å². The summed E-state index contributed by atoms with van der Waals surface area (Å²) in [5, 5.41) is 7.79. The molecule has 1 aliphatic rings. The summed E-state index contributed by atoms with van der Waals surface area (Å²) in [7, 11) is 0. The Hall–Kier alpha value is -7.50. The summed E-state index contributed by atoms with van der Waals surface area (Å²) >= 11 is 0. The van der Waals surface area contributed by atoms with Gasteiger partial charge in [-0.3, -0.25) is 0 Å². The Kier molecular flexibility index (Phi) is 7.49. The largest absolute Gasteiger partial charge is 0.456 e. The lowest BCUT2D eigenvalue weighted by atomic mass is 9.97. The summed E-state index contributed by atoms with van der Waals surface area (Å²) in [6.45, 7) is 0. The van der Waals surface area contributed by atoms with Gasteiger partial charge in [-0.15, -0.1) is 0 Å². The van der Waals surface area contributed by atoms with E-state index >= 15 is 0 Å². The van der Waals surface area contributed by atoms with Crippen LogP contribution in [0.3, 0.4) is 0 Å². The summed E-state index contributed by atoms with van der Waals surface area (Å²) in [6.07, 6.45) is -0.382. The van der Waals surface area contributed by atoms with Crippen LogP contribution in [0.5, 0.6) is 0 Å². The molecule has 10 aromatic rings. The minimum Gasteiger partial charge on any atom is -0.456 e. The van der Waals surface area contributed by atoms with Crippen LogP contribution in [0.15, 0.2) is 207 Å². The molecule has 11 rings (SSSR count). The molecule has 0 radical (unpaired) electrons. The Morgan fingerprint density at radius 1 is 0.411 bits per heavy atom. The van der Waals surface area contributed by atoms with Gasteiger partial charge in [-0.05, 0) is 57.6 Å². The predicted octanol–water partition coefficient (Wildman–Crippen LogP) is 13.0. The molecule has 1 unspecified atom stereocenters. The number of hydrogen-bond donors (Lipinski definition) is 1. The molecular weight excluding hydrogens is 687 g/mol. The van der Waals surface area contributed by atoms with Crippen molar-refractivity contribution in [3.8, 4) is 33.4 Å². The molecule has 56 heavy (non-hydrogen) atoms. The molecule has 3 heterocycles. The van der Waals surface area contributed by atoms with E-state index in [9.17, 15) is 0 Å². The molecule has 2 aromatic heterocycles. The Labute approximate surface area is 322 Å². The number of nitrogens with one attached hydrogen (secondary N) is 1. The van der Waals surface area contributed by atoms with Crippen LogP contribution in [0, 0.1) is 0 Å². The summed E-state index contributed by atoms with van der Waals surface area (Å²) < 4.78 is 12.9. The van der Waals surface area contributed by atoms with Gasteiger partial charge in [0.1, 0.15) is 34.3 Å². The lowest BCUT2D eigenvalue weighted by Crippen LogP contribution is -2.33. The maximum atomic E-state index is 6.71. The Balaban J connectivity index is 0.992. The maximum Gasteiger partial charge on any atom is 0.160 e. The van der Waals surface area contributed by atoms with Crippen LogP contribution in [0.2, 0.25) is 0 Å². The molecule has 0 saturated carbocycles. The van der Waals surface area contributed by atoms with Gasteiger partial charge in [-0.2, -0.15) is 0 Å². The van der Waals surface area contributed by atoms with Crippen molar-refractivity contribution in [2.75, 3.05) is 0 Å². The van der Waals surface area contributed by atoms with Crippen molar-refractivity contribution in [1.82, 2.24) is 5.32 Å². The standard InChI is InChI=1S/C51H33N3O2/c1-3-11-32(12-4-1)33-21-23-34(24-22-33)35-25-27-36(28-26-35)39-16-9-17-41-47-42(18-10-20-46(47)56-48(39)41)51-53-49(37-13-5-2-6-14-37)52-50(54-51)38-29-30-45-43(31-38)40-15-7-8-19-44(40)55-45/h1-31,50H,(H,52,53,54). The number of hydrogen-bond acceptors (Lipinski definition) is 5. The molecule has 0 amide bonds. The highest BCUT2D eigenvalue weighted by Crippen LogP contribution is 2.39. The number of benzene rings is 8. The maximum absolute atomic E-state index is 6.71. The zero-order valence-electron chi connectivity index (χ0n) is 30.2. The van der Waals surface area contributed by atoms with Crippen molar-refractivity contribution in [2.24, 2.45) is 9.98 Å². The second-order valence-corrected chi connectivity index (χ2v) is 14.2. The van der Waals surface area contributed by atoms with Gasteiger partial charge in [-0.25, -0.2) is 9.98 Å². The van der Waals surface area contributed by atoms with Crippen molar-refractivity contribution in [3.63, 3.8) is 0 Å². The first-order valence-electron chi connectivity index (χ1n) is 18.8. The SMILES string of the molecule is c1ccc(C2=NC(c3cccc4oc5c(-c6ccc(-c7ccc(-c8ccccc8)cc7)cc6)cccc5c34)=NC(c3ccc4oc5ccccc5c4c3)N2)cc1. The van der Waals surface area contributed by atoms with Gasteiger partial charge < -0.3 is 14.2 Å². The smallest absolute Gasteiger partial charge is 0.160 e. The quantitative estimate of drug-likeness (QED) is 0.186. The number of furan rings is 2. The fraction of sp³-hybridized carbons (Fsp3) is 0.0196. The Morgan fingerprint density at radius 3 is 1.73 bits per heavy atom. The second-order valence-electron chi connectivity index (χ2n) is 14.2. The van der Waals surface area contributed by atoms with E-state index in [1.54, 1.807) is 0 Å². The van der Waals surface area contributed by atoms with Crippen molar-refractivity contribution in [3.05, 3.63) is 205 Å². The number of aliphatic imine (C=N–C) groups is 2. The number of fused-ring (bicyclic) bond motifs is 6. The lowest BCUT2D eigenvalue weighted by Gasteiger charge is -2.24. The highest BCUT2D eigenvalue weighted by Gasteiger charge is 2.25. The molecule has 5 nitrogen and oxygen atoms in total. The molecule has 1 aliphatic heterocycles. The highest BCUT2D eigenvalue weighted by atomic mass is 16.3. The van der Waals surface area contributed by atoms with E-state index in [0.717, 1.165) is 83.1 Å². The molecule has 0 spiro atoms. The number of nitrogens with zero attached hydrogens (tertiary/aromatic N) is 2. The summed E-state index contributed by atoms with van der Waals surface area (Å²) in [4.78, 5) is 10.5. The first kappa shape index (κ1) is 32.0. The third kappa shape index (κ3) is 5.48. The zero-order chi connectivity index (χ0) is 37.0. The minimum absolute atomic E-state index is 0.382. The number of rotatable bonds is 6. The van der Waals surface area contributed by atoms with Gasteiger partial charge in [0, 0.05) is 38.2 Å². The van der Waals surface area contributed by atoms with Gasteiger partial charge in [-0.1, -0.05) is 164 Å². The summed E-state index contributed by atoms with van der Waals surface area (Å²) in [5.74, 6) is 1.41. The van der Waals surface area contributed by atoms with Crippen molar-refractivity contribution in [1.29, 1.82) is 0 Å². The lowest BCUT2D eigenvalue weighted by molar-refractivity contribution is 0.663. The van der Waals surface area contributed by atoms with Crippen molar-refractivity contribution < 1.29 is 8.83 Å². The Bertz CT molecular complexity index is 3140. The molecular formula is C51H33N3O2. The Morgan fingerprint density at radius 2 is 0.982 bits per heavy atom. The van der Waals surface area contributed by atoms with Crippen LogP contribution in [0.4, 0.5) is 0 Å². The average Bonchev–Trinajstić information content (AvgIpc) is 3.85. The minimum atomic E-state index is -0.382. The molecule has 5 heteroatoms. The van der Waals surface area contributed by atoms with E-state index in [-0.39, 0.29) is 6.17 Å². The van der Waals surface area contributed by atoms with Gasteiger partial charge in [0.2, 0.25) is 0 Å². The highest BCUT2D eigenvalue weighted by molar-refractivity contribution is 6.23. The molecule has 0 fully saturated rings. The monoisotopic (exact) mass is 719 g/mol. The third-order valence-electron chi connectivity index (χ3n) is 10.8. The first-order valence-corrected chi connectivity index (χ1v) is 18.8. The second kappa shape index (κ2) is 13.1. The van der Waals surface area contributed by atoms with Gasteiger partial charge in [0.15, 0.2) is 5.84 Å². The van der Waals surface area contributed by atoms with Gasteiger partial charge in [0.25, 0.3) is 0 Å². The van der Waals surface area contributed by atoms with Crippen LogP contribution in [-0.4, -0.2) is 11.7 Å². The third-order valence-corrected chi connectivity index (χ3v) is 10.8. The van der Waals surface area contributed by atoms with Gasteiger partial charge >= 0.3 is 0 Å². The van der Waals surface area contributed by atoms with Crippen LogP contribution in [-0.2, 0) is 0 Å². The molecule has 1 N–H and O–H groups in total. The topological polar surface area (TPSA) is 63.0 Å². The van der Waals surface area contributed by atoms with Crippen LogP contribution < -0.4 is 5.32 Å². The molecule has 8 aromatic carbocycles. The van der Waals surface area contributed by atoms with E-state index in [4.69, 9.17) is 18.8 Å². The van der Waals surface area contributed by atoms with Crippen LogP contribution in [0.1, 0.15) is 22.9 Å². The fourth-order valence-corrected chi connectivity index (χ4v) is 7.99. The van der Waals surface area contributed by atoms with E-state index in [0.29, 0.717) is 5.84 Å². The summed E-state index contributed by atoms with van der Waals surface area (Å²) in [6, 6.07) is 65.2. The normalized spacial score (nSPS) is 14.2. The first-order chi connectivity index (χ1) is 27.7. The van der Waals surface area contributed by atoms with E-state index in [1.165, 1.54) is 16.7 Å². The van der Waals surface area contributed by atoms with Gasteiger partial charge in [0.05, 0.1) is 0 Å². The number of para-hydroxylation sites is 2. The van der Waals surface area contributed by atoms with Crippen LogP contribution >= 0.6 is 0 Å². The molecule has 0 aliphatic carbocycles. The average molecular weight is 720 g/mol. The number of amidine groups is 2. The fourth-order valence-electron chi connectivity index (χ4n) is 7.99. The molecule has 264 valence electrons. The zero-order valence-corrected chi connectivity index (χ0v) is 30.2. The van der Waals surface area contributed by atoms with Crippen molar-refractivity contribution >= 4 is 55.5 Å². The predicted molar refractivity (Wildman–Crippen MR) is 229 cm³/mol. The molecule has 0 bridgehead atoms. The van der Waals surface area contributed by atoms with Crippen LogP contribution in [0.25, 0.3) is 77.3 Å². The molecule has 0 saturated heterocycles. The van der Waals surface area contributed by atoms with E-state index < -0.39 is 0 Å². The summed E-state index contributed by atoms with van der Waals surface area (Å²) in [5.41, 5.74) is 13.2. The van der Waals surface area contributed by atoms with Crippen molar-refractivity contribution in [2.45, 2.75) is 6.17 Å². The molecule has 1 atom stereocenters. The van der Waals surface area contributed by atoms with E-state index in [2.05, 4.69) is 133 Å².